The van der Waals surface area contributed by atoms with Crippen LogP contribution in [0.1, 0.15) is 5.56 Å². The van der Waals surface area contributed by atoms with Gasteiger partial charge in [-0.15, -0.1) is 0 Å². The SMILES string of the molecule is O=C(NCCO)NCCOc1ccccc1C(F)(F)F. The van der Waals surface area contributed by atoms with Crippen molar-refractivity contribution in [1.29, 1.82) is 0 Å². The highest BCUT2D eigenvalue weighted by Gasteiger charge is 2.33. The number of benzene rings is 1. The van der Waals surface area contributed by atoms with Gasteiger partial charge in [-0.1, -0.05) is 12.1 Å². The number of carbonyl (C=O) groups is 1. The fourth-order valence-electron chi connectivity index (χ4n) is 1.38. The molecular weight excluding hydrogens is 277 g/mol. The summed E-state index contributed by atoms with van der Waals surface area (Å²) in [7, 11) is 0. The van der Waals surface area contributed by atoms with E-state index in [0.717, 1.165) is 6.07 Å². The minimum absolute atomic E-state index is 0.0451. The first-order valence-corrected chi connectivity index (χ1v) is 5.86. The second-order valence-electron chi connectivity index (χ2n) is 3.75. The van der Waals surface area contributed by atoms with Crippen LogP contribution in [-0.4, -0.2) is 37.4 Å². The molecule has 0 saturated heterocycles. The zero-order valence-electron chi connectivity index (χ0n) is 10.5. The number of hydrogen-bond donors (Lipinski definition) is 3. The lowest BCUT2D eigenvalue weighted by Gasteiger charge is -2.14. The molecular formula is C12H15F3N2O3. The lowest BCUT2D eigenvalue weighted by atomic mass is 10.2. The van der Waals surface area contributed by atoms with Gasteiger partial charge in [0, 0.05) is 6.54 Å². The maximum absolute atomic E-state index is 12.6. The Labute approximate surface area is 113 Å². The Bertz CT molecular complexity index is 438. The Morgan fingerprint density at radius 3 is 2.50 bits per heavy atom. The number of nitrogens with one attached hydrogen (secondary N) is 2. The smallest absolute Gasteiger partial charge is 0.419 e. The highest BCUT2D eigenvalue weighted by Crippen LogP contribution is 2.35. The lowest BCUT2D eigenvalue weighted by Crippen LogP contribution is -2.38. The van der Waals surface area contributed by atoms with Gasteiger partial charge in [-0.25, -0.2) is 4.79 Å². The highest BCUT2D eigenvalue weighted by molar-refractivity contribution is 5.73. The van der Waals surface area contributed by atoms with Crippen molar-refractivity contribution >= 4 is 6.03 Å². The molecule has 0 spiro atoms. The predicted octanol–water partition coefficient (Wildman–Crippen LogP) is 1.38. The van der Waals surface area contributed by atoms with E-state index in [1.54, 1.807) is 0 Å². The molecule has 1 aromatic carbocycles. The van der Waals surface area contributed by atoms with Crippen molar-refractivity contribution < 1.29 is 27.8 Å². The Hall–Kier alpha value is -1.96. The van der Waals surface area contributed by atoms with Crippen LogP contribution in [-0.2, 0) is 6.18 Å². The molecule has 2 amide bonds. The molecule has 0 aromatic heterocycles. The van der Waals surface area contributed by atoms with Crippen molar-refractivity contribution in [2.75, 3.05) is 26.3 Å². The Morgan fingerprint density at radius 1 is 1.20 bits per heavy atom. The van der Waals surface area contributed by atoms with Crippen molar-refractivity contribution in [3.63, 3.8) is 0 Å². The lowest BCUT2D eigenvalue weighted by molar-refractivity contribution is -0.138. The van der Waals surface area contributed by atoms with E-state index in [0.29, 0.717) is 0 Å². The maximum Gasteiger partial charge on any atom is 0.419 e. The van der Waals surface area contributed by atoms with Crippen LogP contribution in [0, 0.1) is 0 Å². The molecule has 3 N–H and O–H groups in total. The molecule has 0 radical (unpaired) electrons. The van der Waals surface area contributed by atoms with Crippen molar-refractivity contribution in [2.45, 2.75) is 6.18 Å². The first kappa shape index (κ1) is 16.1. The second kappa shape index (κ2) is 7.59. The van der Waals surface area contributed by atoms with Crippen LogP contribution >= 0.6 is 0 Å². The number of aliphatic hydroxyl groups is 1. The number of carbonyl (C=O) groups excluding carboxylic acids is 1. The van der Waals surface area contributed by atoms with Crippen LogP contribution in [0.5, 0.6) is 5.75 Å². The van der Waals surface area contributed by atoms with Crippen LogP contribution in [0.2, 0.25) is 0 Å². The first-order valence-electron chi connectivity index (χ1n) is 5.86. The molecule has 0 aliphatic heterocycles. The van der Waals surface area contributed by atoms with Crippen molar-refractivity contribution in [3.8, 4) is 5.75 Å². The Balaban J connectivity index is 2.41. The summed E-state index contributed by atoms with van der Waals surface area (Å²) in [6, 6.07) is 4.33. The number of alkyl halides is 3. The topological polar surface area (TPSA) is 70.6 Å². The van der Waals surface area contributed by atoms with Gasteiger partial charge >= 0.3 is 12.2 Å². The fourth-order valence-corrected chi connectivity index (χ4v) is 1.38. The summed E-state index contributed by atoms with van der Waals surface area (Å²) in [5.41, 5.74) is -0.857. The van der Waals surface area contributed by atoms with Crippen LogP contribution in [0.3, 0.4) is 0 Å². The van der Waals surface area contributed by atoms with Crippen LogP contribution < -0.4 is 15.4 Å². The average Bonchev–Trinajstić information content (AvgIpc) is 2.40. The molecule has 0 aliphatic rings. The molecule has 20 heavy (non-hydrogen) atoms. The Kier molecular flexibility index (Phi) is 6.10. The van der Waals surface area contributed by atoms with Gasteiger partial charge in [-0.05, 0) is 12.1 Å². The average molecular weight is 292 g/mol. The molecule has 0 unspecified atom stereocenters. The number of rotatable bonds is 6. The standard InChI is InChI=1S/C12H15F3N2O3/c13-12(14,15)9-3-1-2-4-10(9)20-8-6-17-11(19)16-5-7-18/h1-4,18H,5-8H2,(H2,16,17,19). The number of urea groups is 1. The number of halogens is 3. The molecule has 8 heteroatoms. The van der Waals surface area contributed by atoms with E-state index in [9.17, 15) is 18.0 Å². The zero-order chi connectivity index (χ0) is 15.0. The zero-order valence-corrected chi connectivity index (χ0v) is 10.5. The van der Waals surface area contributed by atoms with Gasteiger partial charge in [0.25, 0.3) is 0 Å². The van der Waals surface area contributed by atoms with Gasteiger partial charge in [-0.2, -0.15) is 13.2 Å². The normalized spacial score (nSPS) is 11.0. The monoisotopic (exact) mass is 292 g/mol. The van der Waals surface area contributed by atoms with E-state index in [4.69, 9.17) is 9.84 Å². The van der Waals surface area contributed by atoms with Crippen LogP contribution in [0.4, 0.5) is 18.0 Å². The van der Waals surface area contributed by atoms with Crippen molar-refractivity contribution in [3.05, 3.63) is 29.8 Å². The van der Waals surface area contributed by atoms with E-state index >= 15 is 0 Å². The summed E-state index contributed by atoms with van der Waals surface area (Å²) in [6.07, 6.45) is -4.48. The molecule has 5 nitrogen and oxygen atoms in total. The summed E-state index contributed by atoms with van der Waals surface area (Å²) in [6.45, 7) is -0.143. The van der Waals surface area contributed by atoms with Gasteiger partial charge in [0.1, 0.15) is 12.4 Å². The summed E-state index contributed by atoms with van der Waals surface area (Å²) in [5.74, 6) is -0.280. The predicted molar refractivity (Wildman–Crippen MR) is 65.4 cm³/mol. The molecule has 0 atom stereocenters. The summed E-state index contributed by atoms with van der Waals surface area (Å²) in [4.78, 5) is 11.1. The molecule has 0 aliphatic carbocycles. The van der Waals surface area contributed by atoms with Gasteiger partial charge in [-0.3, -0.25) is 0 Å². The molecule has 112 valence electrons. The van der Waals surface area contributed by atoms with E-state index in [-0.39, 0.29) is 32.1 Å². The van der Waals surface area contributed by atoms with Crippen molar-refractivity contribution in [2.24, 2.45) is 0 Å². The summed E-state index contributed by atoms with van der Waals surface area (Å²) < 4.78 is 42.9. The highest BCUT2D eigenvalue weighted by atomic mass is 19.4. The third kappa shape index (κ3) is 5.35. The van der Waals surface area contributed by atoms with Gasteiger partial charge < -0.3 is 20.5 Å². The second-order valence-corrected chi connectivity index (χ2v) is 3.75. The van der Waals surface area contributed by atoms with E-state index in [2.05, 4.69) is 10.6 Å². The minimum Gasteiger partial charge on any atom is -0.491 e. The molecule has 0 heterocycles. The largest absolute Gasteiger partial charge is 0.491 e. The number of hydrogen-bond acceptors (Lipinski definition) is 3. The third-order valence-electron chi connectivity index (χ3n) is 2.24. The Morgan fingerprint density at radius 2 is 1.85 bits per heavy atom. The van der Waals surface area contributed by atoms with Crippen molar-refractivity contribution in [1.82, 2.24) is 10.6 Å². The summed E-state index contributed by atoms with van der Waals surface area (Å²) >= 11 is 0. The number of amides is 2. The van der Waals surface area contributed by atoms with Gasteiger partial charge in [0.2, 0.25) is 0 Å². The third-order valence-corrected chi connectivity index (χ3v) is 2.24. The number of ether oxygens (including phenoxy) is 1. The van der Waals surface area contributed by atoms with Gasteiger partial charge in [0.05, 0.1) is 18.7 Å². The molecule has 1 rings (SSSR count). The molecule has 0 fully saturated rings. The van der Waals surface area contributed by atoms with E-state index in [1.165, 1.54) is 18.2 Å². The maximum atomic E-state index is 12.6. The first-order chi connectivity index (χ1) is 9.45. The van der Waals surface area contributed by atoms with Gasteiger partial charge in [0.15, 0.2) is 0 Å². The molecule has 0 bridgehead atoms. The molecule has 1 aromatic rings. The quantitative estimate of drug-likeness (QED) is 0.694. The van der Waals surface area contributed by atoms with Crippen LogP contribution in [0.25, 0.3) is 0 Å². The van der Waals surface area contributed by atoms with E-state index < -0.39 is 17.8 Å². The molecule has 0 saturated carbocycles. The number of aliphatic hydroxyl groups excluding tert-OH is 1. The fraction of sp³-hybridized carbons (Fsp3) is 0.417. The minimum atomic E-state index is -4.48. The number of para-hydroxylation sites is 1. The van der Waals surface area contributed by atoms with Crippen LogP contribution in [0.15, 0.2) is 24.3 Å². The summed E-state index contributed by atoms with van der Waals surface area (Å²) in [5, 5.41) is 13.2. The van der Waals surface area contributed by atoms with E-state index in [1.807, 2.05) is 0 Å².